The van der Waals surface area contributed by atoms with Crippen LogP contribution in [0.15, 0.2) is 66.1 Å². The van der Waals surface area contributed by atoms with Crippen molar-refractivity contribution in [3.05, 3.63) is 76.8 Å². The van der Waals surface area contributed by atoms with E-state index in [1.807, 2.05) is 13.8 Å². The maximum absolute atomic E-state index is 13.7. The van der Waals surface area contributed by atoms with E-state index in [1.54, 1.807) is 18.2 Å². The first-order valence-corrected chi connectivity index (χ1v) is 13.8. The Morgan fingerprint density at radius 1 is 1.15 bits per heavy atom. The first-order chi connectivity index (χ1) is 19.1. The monoisotopic (exact) mass is 587 g/mol. The highest BCUT2D eigenvalue weighted by molar-refractivity contribution is 7.92. The van der Waals surface area contributed by atoms with Crippen LogP contribution in [-0.4, -0.2) is 48.8 Å². The standard InChI is InChI=1S/C26H26ClN5O7S/c1-16(2)19-5-4-10-28-26(19)40(35,36)31-24-22(39-21-15-18(37-3)6-7-20(21)27)25(38-14-13-33)30-23(29-24)17-8-11-32(34)12-9-17/h4-12,15-16,33H,13-14H2,1-3H3,(H,29,30,31). The number of hydrogen-bond donors (Lipinski definition) is 2. The number of hydrogen-bond acceptors (Lipinski definition) is 10. The minimum Gasteiger partial charge on any atom is -0.619 e. The van der Waals surface area contributed by atoms with E-state index in [2.05, 4.69) is 19.7 Å². The van der Waals surface area contributed by atoms with Crippen LogP contribution in [0, 0.1) is 5.21 Å². The maximum atomic E-state index is 13.7. The number of nitrogens with one attached hydrogen (secondary N) is 1. The molecule has 40 heavy (non-hydrogen) atoms. The van der Waals surface area contributed by atoms with Crippen molar-refractivity contribution in [2.24, 2.45) is 0 Å². The Hall–Kier alpha value is -4.20. The lowest BCUT2D eigenvalue weighted by molar-refractivity contribution is -0.605. The van der Waals surface area contributed by atoms with E-state index in [9.17, 15) is 18.7 Å². The van der Waals surface area contributed by atoms with Crippen LogP contribution < -0.4 is 23.7 Å². The molecule has 0 atom stereocenters. The smallest absolute Gasteiger partial charge is 0.280 e. The average molecular weight is 588 g/mol. The van der Waals surface area contributed by atoms with Gasteiger partial charge >= 0.3 is 0 Å². The van der Waals surface area contributed by atoms with Crippen LogP contribution in [0.2, 0.25) is 5.02 Å². The van der Waals surface area contributed by atoms with Gasteiger partial charge < -0.3 is 24.5 Å². The molecule has 12 nitrogen and oxygen atoms in total. The van der Waals surface area contributed by atoms with Crippen molar-refractivity contribution >= 4 is 27.4 Å². The minimum atomic E-state index is -4.32. The van der Waals surface area contributed by atoms with Crippen molar-refractivity contribution in [3.63, 3.8) is 0 Å². The number of nitrogens with zero attached hydrogens (tertiary/aromatic N) is 4. The molecule has 0 aliphatic heterocycles. The molecule has 0 fully saturated rings. The van der Waals surface area contributed by atoms with E-state index in [0.29, 0.717) is 21.6 Å². The van der Waals surface area contributed by atoms with Crippen LogP contribution in [0.25, 0.3) is 11.4 Å². The van der Waals surface area contributed by atoms with Gasteiger partial charge in [-0.15, -0.1) is 0 Å². The molecule has 0 spiro atoms. The van der Waals surface area contributed by atoms with E-state index in [1.165, 1.54) is 50.0 Å². The number of aliphatic hydroxyl groups excluding tert-OH is 1. The average Bonchev–Trinajstić information content (AvgIpc) is 2.94. The van der Waals surface area contributed by atoms with Crippen LogP contribution >= 0.6 is 11.6 Å². The minimum absolute atomic E-state index is 0.0143. The normalized spacial score (nSPS) is 11.3. The second kappa shape index (κ2) is 12.3. The quantitative estimate of drug-likeness (QED) is 0.194. The molecular weight excluding hydrogens is 562 g/mol. The number of rotatable bonds is 11. The van der Waals surface area contributed by atoms with E-state index in [4.69, 9.17) is 25.8 Å². The van der Waals surface area contributed by atoms with Crippen molar-refractivity contribution in [2.75, 3.05) is 25.0 Å². The molecule has 210 valence electrons. The number of anilines is 1. The second-order valence-corrected chi connectivity index (χ2v) is 10.6. The predicted molar refractivity (Wildman–Crippen MR) is 146 cm³/mol. The lowest BCUT2D eigenvalue weighted by Crippen LogP contribution is -2.23. The summed E-state index contributed by atoms with van der Waals surface area (Å²) in [6.45, 7) is 3.12. The summed E-state index contributed by atoms with van der Waals surface area (Å²) >= 11 is 6.36. The number of methoxy groups -OCH3 is 1. The van der Waals surface area contributed by atoms with Gasteiger partial charge in [-0.05, 0) is 29.7 Å². The van der Waals surface area contributed by atoms with Gasteiger partial charge in [0.15, 0.2) is 29.1 Å². The number of ether oxygens (including phenoxy) is 3. The van der Waals surface area contributed by atoms with Gasteiger partial charge in [0.1, 0.15) is 18.1 Å². The van der Waals surface area contributed by atoms with Gasteiger partial charge in [0.25, 0.3) is 15.9 Å². The summed E-state index contributed by atoms with van der Waals surface area (Å²) in [4.78, 5) is 12.9. The lowest BCUT2D eigenvalue weighted by atomic mass is 10.1. The van der Waals surface area contributed by atoms with E-state index >= 15 is 0 Å². The molecule has 1 aromatic carbocycles. The van der Waals surface area contributed by atoms with Crippen LogP contribution in [-0.2, 0) is 10.0 Å². The van der Waals surface area contributed by atoms with Crippen molar-refractivity contribution in [3.8, 4) is 34.5 Å². The Balaban J connectivity index is 1.92. The zero-order chi connectivity index (χ0) is 28.9. The summed E-state index contributed by atoms with van der Waals surface area (Å²) in [5.74, 6) is -0.343. The first kappa shape index (κ1) is 28.8. The fourth-order valence-corrected chi connectivity index (χ4v) is 5.02. The number of benzene rings is 1. The number of sulfonamides is 1. The summed E-state index contributed by atoms with van der Waals surface area (Å²) in [7, 11) is -2.85. The molecule has 0 aliphatic carbocycles. The Morgan fingerprint density at radius 3 is 2.58 bits per heavy atom. The topological polar surface area (TPSA) is 160 Å². The van der Waals surface area contributed by atoms with E-state index in [-0.39, 0.29) is 58.2 Å². The molecule has 3 heterocycles. The molecule has 4 aromatic rings. The zero-order valence-corrected chi connectivity index (χ0v) is 23.3. The Morgan fingerprint density at radius 2 is 1.90 bits per heavy atom. The molecule has 0 unspecified atom stereocenters. The van der Waals surface area contributed by atoms with Crippen LogP contribution in [0.1, 0.15) is 25.3 Å². The fraction of sp³-hybridized carbons (Fsp3) is 0.231. The third kappa shape index (κ3) is 6.50. The van der Waals surface area contributed by atoms with Crippen LogP contribution in [0.4, 0.5) is 5.82 Å². The van der Waals surface area contributed by atoms with Gasteiger partial charge in [-0.1, -0.05) is 31.5 Å². The van der Waals surface area contributed by atoms with E-state index < -0.39 is 10.0 Å². The molecule has 4 rings (SSSR count). The van der Waals surface area contributed by atoms with Gasteiger partial charge in [0, 0.05) is 30.0 Å². The van der Waals surface area contributed by atoms with Gasteiger partial charge in [-0.3, -0.25) is 4.72 Å². The molecular formula is C26H26ClN5O7S. The number of aromatic nitrogens is 4. The highest BCUT2D eigenvalue weighted by Crippen LogP contribution is 2.42. The molecule has 0 saturated heterocycles. The van der Waals surface area contributed by atoms with Crippen molar-refractivity contribution < 1.29 is 32.5 Å². The number of halogens is 1. The second-order valence-electron chi connectivity index (χ2n) is 8.61. The molecule has 0 amide bonds. The van der Waals surface area contributed by atoms with Crippen molar-refractivity contribution in [1.82, 2.24) is 15.0 Å². The maximum Gasteiger partial charge on any atom is 0.280 e. The molecule has 0 bridgehead atoms. The van der Waals surface area contributed by atoms with Gasteiger partial charge in [-0.25, -0.2) is 9.97 Å². The Kier molecular flexibility index (Phi) is 8.87. The molecule has 2 N–H and O–H groups in total. The third-order valence-corrected chi connectivity index (χ3v) is 7.11. The fourth-order valence-electron chi connectivity index (χ4n) is 3.56. The van der Waals surface area contributed by atoms with Crippen LogP contribution in [0.3, 0.4) is 0 Å². The molecule has 14 heteroatoms. The van der Waals surface area contributed by atoms with E-state index in [0.717, 1.165) is 0 Å². The van der Waals surface area contributed by atoms with Gasteiger partial charge in [-0.2, -0.15) is 18.1 Å². The largest absolute Gasteiger partial charge is 0.619 e. The van der Waals surface area contributed by atoms with Gasteiger partial charge in [0.05, 0.1) is 18.7 Å². The first-order valence-electron chi connectivity index (χ1n) is 12.0. The number of pyridine rings is 2. The SMILES string of the molecule is COc1ccc(Cl)c(Oc2c(NS(=O)(=O)c3ncccc3C(C)C)nc(-c3cc[n+]([O-])cc3)nc2OCCO)c1. The third-order valence-electron chi connectivity index (χ3n) is 5.48. The summed E-state index contributed by atoms with van der Waals surface area (Å²) < 4.78 is 47.3. The predicted octanol–water partition coefficient (Wildman–Crippen LogP) is 3.92. The molecule has 0 radical (unpaired) electrons. The Labute approximate surface area is 235 Å². The molecule has 0 saturated carbocycles. The van der Waals surface area contributed by atoms with Crippen molar-refractivity contribution in [1.29, 1.82) is 0 Å². The summed E-state index contributed by atoms with van der Waals surface area (Å²) in [6, 6.07) is 10.9. The van der Waals surface area contributed by atoms with Crippen LogP contribution in [0.5, 0.6) is 23.1 Å². The zero-order valence-electron chi connectivity index (χ0n) is 21.7. The summed E-state index contributed by atoms with van der Waals surface area (Å²) in [6.07, 6.45) is 3.84. The van der Waals surface area contributed by atoms with Gasteiger partial charge in [0.2, 0.25) is 5.75 Å². The Bertz CT molecular complexity index is 1600. The molecule has 0 aliphatic rings. The van der Waals surface area contributed by atoms with Crippen molar-refractivity contribution in [2.45, 2.75) is 24.8 Å². The molecule has 3 aromatic heterocycles. The highest BCUT2D eigenvalue weighted by atomic mass is 35.5. The number of aliphatic hydroxyl groups is 1. The summed E-state index contributed by atoms with van der Waals surface area (Å²) in [5.41, 5.74) is 0.871. The lowest BCUT2D eigenvalue weighted by Gasteiger charge is -2.18. The summed E-state index contributed by atoms with van der Waals surface area (Å²) in [5, 5.41) is 21.0. The highest BCUT2D eigenvalue weighted by Gasteiger charge is 2.28.